The fourth-order valence-corrected chi connectivity index (χ4v) is 5.26. The third-order valence-electron chi connectivity index (χ3n) is 6.55. The minimum Gasteiger partial charge on any atom is -0.507 e. The van der Waals surface area contributed by atoms with Gasteiger partial charge in [-0.2, -0.15) is 0 Å². The summed E-state index contributed by atoms with van der Waals surface area (Å²) in [7, 11) is 1.51. The zero-order valence-corrected chi connectivity index (χ0v) is 19.5. The van der Waals surface area contributed by atoms with Gasteiger partial charge in [0.15, 0.2) is 11.3 Å². The molecule has 0 bridgehead atoms. The molecule has 0 amide bonds. The molecule has 4 aromatic rings. The second kappa shape index (κ2) is 8.65. The van der Waals surface area contributed by atoms with E-state index in [-0.39, 0.29) is 11.3 Å². The van der Waals surface area contributed by atoms with Crippen LogP contribution in [0.15, 0.2) is 60.9 Å². The van der Waals surface area contributed by atoms with Crippen LogP contribution in [-0.4, -0.2) is 30.2 Å². The van der Waals surface area contributed by atoms with Gasteiger partial charge < -0.3 is 18.7 Å². The van der Waals surface area contributed by atoms with Gasteiger partial charge in [-0.05, 0) is 42.5 Å². The predicted octanol–water partition coefficient (Wildman–Crippen LogP) is 4.76. The monoisotopic (exact) mass is 461 g/mol. The van der Waals surface area contributed by atoms with Crippen molar-refractivity contribution in [2.45, 2.75) is 26.8 Å². The summed E-state index contributed by atoms with van der Waals surface area (Å²) in [5, 5.41) is 11.9. The van der Waals surface area contributed by atoms with Crippen molar-refractivity contribution in [1.29, 1.82) is 0 Å². The Morgan fingerprint density at radius 1 is 1.00 bits per heavy atom. The number of fused-ring (bicyclic) bond motifs is 2. The minimum absolute atomic E-state index is 0.0639. The summed E-state index contributed by atoms with van der Waals surface area (Å²) in [4.78, 5) is 27.9. The molecule has 2 aromatic carbocycles. The number of phenolic OH excluding ortho intramolecular Hbond substituents is 1. The van der Waals surface area contributed by atoms with E-state index in [1.807, 2.05) is 6.07 Å². The van der Waals surface area contributed by atoms with Crippen molar-refractivity contribution in [2.24, 2.45) is 11.8 Å². The van der Waals surface area contributed by atoms with E-state index in [0.717, 1.165) is 13.1 Å². The second-order valence-corrected chi connectivity index (χ2v) is 9.39. The number of para-hydroxylation sites is 1. The Labute approximate surface area is 196 Å². The van der Waals surface area contributed by atoms with Gasteiger partial charge in [0, 0.05) is 42.0 Å². The number of aromatic hydroxyl groups is 1. The molecule has 2 atom stereocenters. The van der Waals surface area contributed by atoms with Crippen LogP contribution >= 0.6 is 0 Å². The van der Waals surface area contributed by atoms with Crippen LogP contribution in [0.5, 0.6) is 11.5 Å². The van der Waals surface area contributed by atoms with Gasteiger partial charge in [-0.25, -0.2) is 9.59 Å². The molecular formula is C27H27NO6. The fourth-order valence-electron chi connectivity index (χ4n) is 5.26. The van der Waals surface area contributed by atoms with Gasteiger partial charge in [0.1, 0.15) is 11.3 Å². The number of methoxy groups -OCH3 is 1. The number of rotatable bonds is 4. The van der Waals surface area contributed by atoms with Crippen LogP contribution in [-0.2, 0) is 6.54 Å². The summed E-state index contributed by atoms with van der Waals surface area (Å²) in [6.45, 7) is 6.70. The molecule has 1 aliphatic rings. The third-order valence-corrected chi connectivity index (χ3v) is 6.55. The van der Waals surface area contributed by atoms with Crippen LogP contribution in [0.1, 0.15) is 25.8 Å². The Morgan fingerprint density at radius 2 is 1.76 bits per heavy atom. The van der Waals surface area contributed by atoms with Gasteiger partial charge in [0.2, 0.25) is 0 Å². The Hall–Kier alpha value is -3.58. The molecule has 3 heterocycles. The van der Waals surface area contributed by atoms with E-state index in [2.05, 4.69) is 18.7 Å². The first-order valence-electron chi connectivity index (χ1n) is 11.5. The number of ether oxygens (including phenoxy) is 1. The first kappa shape index (κ1) is 22.2. The summed E-state index contributed by atoms with van der Waals surface area (Å²) >= 11 is 0. The number of phenols is 1. The van der Waals surface area contributed by atoms with E-state index in [9.17, 15) is 14.7 Å². The van der Waals surface area contributed by atoms with Gasteiger partial charge in [-0.3, -0.25) is 4.90 Å². The Morgan fingerprint density at radius 3 is 2.50 bits per heavy atom. The van der Waals surface area contributed by atoms with Crippen molar-refractivity contribution in [1.82, 2.24) is 4.90 Å². The Bertz CT molecular complexity index is 1490. The molecule has 34 heavy (non-hydrogen) atoms. The summed E-state index contributed by atoms with van der Waals surface area (Å²) < 4.78 is 16.5. The van der Waals surface area contributed by atoms with Crippen LogP contribution < -0.4 is 16.0 Å². The topological polar surface area (TPSA) is 93.1 Å². The SMILES string of the molecule is COc1cccc2cc(-c3cc(=O)oc4c(CN5C[C@@H](C)C[C@H](C)C5)c(O)ccc34)c(=O)oc12. The zero-order chi connectivity index (χ0) is 24.0. The molecule has 0 aliphatic carbocycles. The van der Waals surface area contributed by atoms with E-state index in [1.54, 1.807) is 30.3 Å². The molecule has 1 N–H and O–H groups in total. The Kier molecular flexibility index (Phi) is 5.65. The highest BCUT2D eigenvalue weighted by molar-refractivity contribution is 5.97. The number of hydrogen-bond acceptors (Lipinski definition) is 7. The summed E-state index contributed by atoms with van der Waals surface area (Å²) in [5.74, 6) is 1.61. The molecule has 0 spiro atoms. The lowest BCUT2D eigenvalue weighted by atomic mass is 9.91. The predicted molar refractivity (Wildman–Crippen MR) is 130 cm³/mol. The molecule has 1 aliphatic heterocycles. The van der Waals surface area contributed by atoms with Crippen LogP contribution in [0.25, 0.3) is 33.1 Å². The van der Waals surface area contributed by atoms with Crippen LogP contribution in [0.3, 0.4) is 0 Å². The highest BCUT2D eigenvalue weighted by Crippen LogP contribution is 2.35. The standard InChI is InChI=1S/C27H27NO6/c1-15-9-16(2)13-28(12-15)14-21-22(29)8-7-18-19(11-24(30)33-26(18)21)20-10-17-5-4-6-23(32-3)25(17)34-27(20)31/h4-8,10-11,15-16,29H,9,12-14H2,1-3H3/t15-,16-/m0/s1. The number of benzene rings is 2. The molecule has 0 unspecified atom stereocenters. The van der Waals surface area contributed by atoms with Crippen LogP contribution in [0, 0.1) is 11.8 Å². The van der Waals surface area contributed by atoms with E-state index in [1.165, 1.54) is 19.6 Å². The minimum atomic E-state index is -0.597. The molecule has 1 saturated heterocycles. The maximum absolute atomic E-state index is 13.0. The average molecular weight is 462 g/mol. The average Bonchev–Trinajstić information content (AvgIpc) is 2.79. The molecule has 0 saturated carbocycles. The lowest BCUT2D eigenvalue weighted by molar-refractivity contribution is 0.133. The lowest BCUT2D eigenvalue weighted by Gasteiger charge is -2.35. The first-order chi connectivity index (χ1) is 16.3. The van der Waals surface area contributed by atoms with Gasteiger partial charge >= 0.3 is 11.3 Å². The third kappa shape index (κ3) is 3.96. The smallest absolute Gasteiger partial charge is 0.344 e. The first-order valence-corrected chi connectivity index (χ1v) is 11.5. The van der Waals surface area contributed by atoms with Crippen molar-refractivity contribution in [2.75, 3.05) is 20.2 Å². The van der Waals surface area contributed by atoms with Crippen molar-refractivity contribution < 1.29 is 18.7 Å². The zero-order valence-electron chi connectivity index (χ0n) is 19.5. The number of nitrogens with zero attached hydrogens (tertiary/aromatic N) is 1. The van der Waals surface area contributed by atoms with Crippen molar-refractivity contribution in [3.05, 3.63) is 68.9 Å². The van der Waals surface area contributed by atoms with Crippen LogP contribution in [0.2, 0.25) is 0 Å². The van der Waals surface area contributed by atoms with Gasteiger partial charge in [-0.1, -0.05) is 26.0 Å². The maximum atomic E-state index is 13.0. The quantitative estimate of drug-likeness (QED) is 0.438. The molecule has 5 rings (SSSR count). The van der Waals surface area contributed by atoms with Gasteiger partial charge in [-0.15, -0.1) is 0 Å². The largest absolute Gasteiger partial charge is 0.507 e. The fraction of sp³-hybridized carbons (Fsp3) is 0.333. The number of hydrogen-bond donors (Lipinski definition) is 1. The van der Waals surface area contributed by atoms with Gasteiger partial charge in [0.25, 0.3) is 0 Å². The highest BCUT2D eigenvalue weighted by atomic mass is 16.5. The molecular weight excluding hydrogens is 434 g/mol. The van der Waals surface area contributed by atoms with Crippen molar-refractivity contribution in [3.8, 4) is 22.6 Å². The molecule has 2 aromatic heterocycles. The van der Waals surface area contributed by atoms with E-state index >= 15 is 0 Å². The summed E-state index contributed by atoms with van der Waals surface area (Å²) in [6, 6.07) is 11.6. The molecule has 7 nitrogen and oxygen atoms in total. The summed E-state index contributed by atoms with van der Waals surface area (Å²) in [5.41, 5.74) is 0.653. The van der Waals surface area contributed by atoms with E-state index < -0.39 is 11.3 Å². The van der Waals surface area contributed by atoms with Crippen molar-refractivity contribution >= 4 is 21.9 Å². The molecule has 0 radical (unpaired) electrons. The number of piperidine rings is 1. The van der Waals surface area contributed by atoms with E-state index in [4.69, 9.17) is 13.6 Å². The lowest BCUT2D eigenvalue weighted by Crippen LogP contribution is -2.38. The van der Waals surface area contributed by atoms with Gasteiger partial charge in [0.05, 0.1) is 18.2 Å². The normalized spacial score (nSPS) is 19.0. The molecule has 7 heteroatoms. The summed E-state index contributed by atoms with van der Waals surface area (Å²) in [6.07, 6.45) is 1.17. The van der Waals surface area contributed by atoms with Crippen LogP contribution in [0.4, 0.5) is 0 Å². The van der Waals surface area contributed by atoms with E-state index in [0.29, 0.717) is 57.2 Å². The maximum Gasteiger partial charge on any atom is 0.344 e. The second-order valence-electron chi connectivity index (χ2n) is 9.39. The van der Waals surface area contributed by atoms with Crippen molar-refractivity contribution in [3.63, 3.8) is 0 Å². The highest BCUT2D eigenvalue weighted by Gasteiger charge is 2.25. The molecule has 1 fully saturated rings. The number of likely N-dealkylation sites (tertiary alicyclic amines) is 1. The molecule has 176 valence electrons. The Balaban J connectivity index is 1.68.